The third kappa shape index (κ3) is 7.64. The van der Waals surface area contributed by atoms with Crippen molar-refractivity contribution in [3.63, 3.8) is 0 Å². The minimum Gasteiger partial charge on any atom is -0.493 e. The van der Waals surface area contributed by atoms with Gasteiger partial charge in [0, 0.05) is 6.07 Å². The number of hydrazone groups is 1. The summed E-state index contributed by atoms with van der Waals surface area (Å²) in [5, 5.41) is 4.00. The van der Waals surface area contributed by atoms with Crippen molar-refractivity contribution in [2.45, 2.75) is 18.4 Å². The Hall–Kier alpha value is -4.83. The Morgan fingerprint density at radius 2 is 1.56 bits per heavy atom. The first-order chi connectivity index (χ1) is 19.8. The van der Waals surface area contributed by atoms with E-state index in [-0.39, 0.29) is 10.6 Å². The molecule has 10 heteroatoms. The van der Waals surface area contributed by atoms with Crippen LogP contribution in [0, 0.1) is 6.92 Å². The minimum absolute atomic E-state index is 0.0556. The van der Waals surface area contributed by atoms with Crippen LogP contribution < -0.4 is 23.9 Å². The number of nitrogens with one attached hydrogen (secondary N) is 1. The molecule has 41 heavy (non-hydrogen) atoms. The van der Waals surface area contributed by atoms with Crippen LogP contribution in [0.1, 0.15) is 16.7 Å². The number of methoxy groups -OCH3 is 2. The molecule has 9 nitrogen and oxygen atoms in total. The molecule has 212 valence electrons. The zero-order valence-electron chi connectivity index (χ0n) is 23.0. The summed E-state index contributed by atoms with van der Waals surface area (Å²) in [6, 6.07) is 28.0. The number of carbonyl (C=O) groups excluding carboxylic acids is 1. The molecule has 0 heterocycles. The lowest BCUT2D eigenvalue weighted by atomic mass is 10.2. The number of amides is 1. The highest BCUT2D eigenvalue weighted by molar-refractivity contribution is 7.92. The lowest BCUT2D eigenvalue weighted by molar-refractivity contribution is -0.119. The first-order valence-corrected chi connectivity index (χ1v) is 14.1. The molecule has 0 radical (unpaired) electrons. The summed E-state index contributed by atoms with van der Waals surface area (Å²) in [5.74, 6) is 0.718. The number of nitrogens with zero attached hydrogens (tertiary/aromatic N) is 2. The fraction of sp³-hybridized carbons (Fsp3) is 0.161. The summed E-state index contributed by atoms with van der Waals surface area (Å²) in [6.45, 7) is 1.99. The number of carbonyl (C=O) groups is 1. The van der Waals surface area contributed by atoms with Gasteiger partial charge >= 0.3 is 0 Å². The number of para-hydroxylation sites is 1. The maximum Gasteiger partial charge on any atom is 0.264 e. The van der Waals surface area contributed by atoms with Crippen LogP contribution >= 0.6 is 0 Å². The summed E-state index contributed by atoms with van der Waals surface area (Å²) in [6.07, 6.45) is 1.47. The first kappa shape index (κ1) is 29.2. The molecule has 0 atom stereocenters. The molecule has 0 aromatic heterocycles. The van der Waals surface area contributed by atoms with E-state index in [9.17, 15) is 13.2 Å². The van der Waals surface area contributed by atoms with Gasteiger partial charge in [-0.05, 0) is 66.6 Å². The summed E-state index contributed by atoms with van der Waals surface area (Å²) in [5.41, 5.74) is 5.72. The molecule has 0 saturated carbocycles. The van der Waals surface area contributed by atoms with Gasteiger partial charge in [0.05, 0.1) is 31.0 Å². The maximum absolute atomic E-state index is 13.6. The van der Waals surface area contributed by atoms with E-state index in [1.54, 1.807) is 42.5 Å². The van der Waals surface area contributed by atoms with E-state index < -0.39 is 22.5 Å². The Labute approximate surface area is 240 Å². The molecular formula is C31H31N3O6S. The molecule has 0 aliphatic carbocycles. The second-order valence-corrected chi connectivity index (χ2v) is 10.9. The fourth-order valence-corrected chi connectivity index (χ4v) is 5.30. The molecule has 4 aromatic carbocycles. The van der Waals surface area contributed by atoms with E-state index in [1.807, 2.05) is 43.3 Å². The fourth-order valence-electron chi connectivity index (χ4n) is 3.86. The molecular weight excluding hydrogens is 542 g/mol. The zero-order valence-corrected chi connectivity index (χ0v) is 23.8. The maximum atomic E-state index is 13.6. The number of rotatable bonds is 12. The van der Waals surface area contributed by atoms with E-state index in [1.165, 1.54) is 44.2 Å². The standard InChI is InChI=1S/C31H31N3O6S/c1-23-9-11-25(12-10-23)22-40-27-15-13-24(14-16-27)20-32-33-31(35)21-34(26-7-5-4-6-8-26)41(36,37)28-17-18-29(38-2)30(19-28)39-3/h4-20H,21-22H2,1-3H3,(H,33,35)/b32-20-. The number of hydrogen-bond acceptors (Lipinski definition) is 7. The second-order valence-electron chi connectivity index (χ2n) is 9.00. The van der Waals surface area contributed by atoms with Gasteiger partial charge in [-0.15, -0.1) is 0 Å². The van der Waals surface area contributed by atoms with E-state index in [0.717, 1.165) is 15.4 Å². The van der Waals surface area contributed by atoms with Crippen LogP contribution in [0.15, 0.2) is 107 Å². The van der Waals surface area contributed by atoms with Crippen molar-refractivity contribution in [1.29, 1.82) is 0 Å². The van der Waals surface area contributed by atoms with Gasteiger partial charge in [0.2, 0.25) is 0 Å². The zero-order chi connectivity index (χ0) is 29.2. The average molecular weight is 574 g/mol. The summed E-state index contributed by atoms with van der Waals surface area (Å²) in [4.78, 5) is 12.8. The Morgan fingerprint density at radius 3 is 2.22 bits per heavy atom. The normalized spacial score (nSPS) is 11.2. The minimum atomic E-state index is -4.15. The molecule has 0 aliphatic rings. The van der Waals surface area contributed by atoms with Crippen LogP contribution in [0.3, 0.4) is 0 Å². The molecule has 4 aromatic rings. The van der Waals surface area contributed by atoms with Crippen molar-refractivity contribution in [2.24, 2.45) is 5.10 Å². The topological polar surface area (TPSA) is 107 Å². The smallest absolute Gasteiger partial charge is 0.264 e. The van der Waals surface area contributed by atoms with Crippen molar-refractivity contribution in [3.8, 4) is 17.2 Å². The van der Waals surface area contributed by atoms with Crippen molar-refractivity contribution in [3.05, 3.63) is 114 Å². The van der Waals surface area contributed by atoms with Gasteiger partial charge in [0.25, 0.3) is 15.9 Å². The molecule has 0 spiro atoms. The Bertz CT molecular complexity index is 1590. The summed E-state index contributed by atoms with van der Waals surface area (Å²) in [7, 11) is -1.27. The molecule has 0 fully saturated rings. The Balaban J connectivity index is 1.42. The predicted octanol–water partition coefficient (Wildman–Crippen LogP) is 4.94. The van der Waals surface area contributed by atoms with Crippen molar-refractivity contribution >= 4 is 27.8 Å². The summed E-state index contributed by atoms with van der Waals surface area (Å²) < 4.78 is 44.6. The van der Waals surface area contributed by atoms with Crippen LogP contribution in [0.4, 0.5) is 5.69 Å². The van der Waals surface area contributed by atoms with Gasteiger partial charge in [0.15, 0.2) is 11.5 Å². The SMILES string of the molecule is COc1ccc(S(=O)(=O)N(CC(=O)N/N=C\c2ccc(OCc3ccc(C)cc3)cc2)c2ccccc2)cc1OC. The highest BCUT2D eigenvalue weighted by Crippen LogP contribution is 2.32. The van der Waals surface area contributed by atoms with E-state index >= 15 is 0 Å². The molecule has 0 saturated heterocycles. The number of sulfonamides is 1. The van der Waals surface area contributed by atoms with Crippen molar-refractivity contribution < 1.29 is 27.4 Å². The van der Waals surface area contributed by atoms with Gasteiger partial charge in [0.1, 0.15) is 18.9 Å². The monoisotopic (exact) mass is 573 g/mol. The number of hydrogen-bond donors (Lipinski definition) is 1. The second kappa shape index (κ2) is 13.5. The van der Waals surface area contributed by atoms with Crippen LogP contribution in [0.5, 0.6) is 17.2 Å². The van der Waals surface area contributed by atoms with Crippen LogP contribution in [0.25, 0.3) is 0 Å². The van der Waals surface area contributed by atoms with Crippen LogP contribution in [-0.4, -0.2) is 41.3 Å². The highest BCUT2D eigenvalue weighted by atomic mass is 32.2. The predicted molar refractivity (Wildman–Crippen MR) is 158 cm³/mol. The lowest BCUT2D eigenvalue weighted by Gasteiger charge is -2.24. The number of anilines is 1. The third-order valence-electron chi connectivity index (χ3n) is 6.08. The number of benzene rings is 4. The molecule has 0 aliphatic heterocycles. The highest BCUT2D eigenvalue weighted by Gasteiger charge is 2.28. The molecule has 0 unspecified atom stereocenters. The van der Waals surface area contributed by atoms with Gasteiger partial charge < -0.3 is 14.2 Å². The molecule has 1 N–H and O–H groups in total. The van der Waals surface area contributed by atoms with Gasteiger partial charge in [-0.2, -0.15) is 5.10 Å². The Morgan fingerprint density at radius 1 is 0.878 bits per heavy atom. The Kier molecular flexibility index (Phi) is 9.60. The largest absolute Gasteiger partial charge is 0.493 e. The quantitative estimate of drug-likeness (QED) is 0.190. The molecule has 0 bridgehead atoms. The van der Waals surface area contributed by atoms with E-state index in [2.05, 4.69) is 10.5 Å². The van der Waals surface area contributed by atoms with Crippen LogP contribution in [0.2, 0.25) is 0 Å². The lowest BCUT2D eigenvalue weighted by Crippen LogP contribution is -2.39. The van der Waals surface area contributed by atoms with Crippen molar-refractivity contribution in [1.82, 2.24) is 5.43 Å². The number of ether oxygens (including phenoxy) is 3. The van der Waals surface area contributed by atoms with Crippen molar-refractivity contribution in [2.75, 3.05) is 25.1 Å². The number of aryl methyl sites for hydroxylation is 1. The van der Waals surface area contributed by atoms with E-state index in [0.29, 0.717) is 23.8 Å². The van der Waals surface area contributed by atoms with Gasteiger partial charge in [-0.1, -0.05) is 48.0 Å². The van der Waals surface area contributed by atoms with Crippen LogP contribution in [-0.2, 0) is 21.4 Å². The third-order valence-corrected chi connectivity index (χ3v) is 7.85. The summed E-state index contributed by atoms with van der Waals surface area (Å²) >= 11 is 0. The average Bonchev–Trinajstić information content (AvgIpc) is 3.00. The first-order valence-electron chi connectivity index (χ1n) is 12.7. The van der Waals surface area contributed by atoms with E-state index in [4.69, 9.17) is 14.2 Å². The van der Waals surface area contributed by atoms with Gasteiger partial charge in [-0.3, -0.25) is 9.10 Å². The molecule has 1 amide bonds. The molecule has 4 rings (SSSR count). The van der Waals surface area contributed by atoms with Gasteiger partial charge in [-0.25, -0.2) is 13.8 Å².